The molecule has 0 aliphatic carbocycles. The number of amides is 2. The summed E-state index contributed by atoms with van der Waals surface area (Å²) in [7, 11) is 0. The Labute approximate surface area is 182 Å². The molecule has 0 aromatic carbocycles. The number of likely N-dealkylation sites (tertiary alicyclic amines) is 1. The van der Waals surface area contributed by atoms with Crippen molar-refractivity contribution < 1.29 is 19.1 Å². The molecule has 1 saturated heterocycles. The van der Waals surface area contributed by atoms with Gasteiger partial charge in [0.1, 0.15) is 6.10 Å². The van der Waals surface area contributed by atoms with E-state index in [-0.39, 0.29) is 29.9 Å². The van der Waals surface area contributed by atoms with Gasteiger partial charge in [-0.2, -0.15) is 0 Å². The van der Waals surface area contributed by atoms with Crippen LogP contribution in [0.1, 0.15) is 85.5 Å². The highest BCUT2D eigenvalue weighted by atomic mass is 16.5. The average molecular weight is 421 g/mol. The molecule has 0 spiro atoms. The van der Waals surface area contributed by atoms with Gasteiger partial charge in [0.05, 0.1) is 6.04 Å². The van der Waals surface area contributed by atoms with E-state index in [1.165, 1.54) is 46.0 Å². The first-order valence-corrected chi connectivity index (χ1v) is 11.4. The van der Waals surface area contributed by atoms with Gasteiger partial charge >= 0.3 is 5.97 Å². The molecule has 1 N–H and O–H groups in total. The van der Waals surface area contributed by atoms with Crippen LogP contribution in [0.4, 0.5) is 0 Å². The molecule has 1 fully saturated rings. The number of unbranched alkanes of at least 4 members (excludes halogenated alkanes) is 5. The number of nitrogens with zero attached hydrogens (tertiary/aromatic N) is 1. The first-order valence-electron chi connectivity index (χ1n) is 11.4. The minimum Gasteiger partial charge on any atom is -0.460 e. The van der Waals surface area contributed by atoms with Crippen LogP contribution in [0.3, 0.4) is 0 Å². The zero-order valence-electron chi connectivity index (χ0n) is 19.2. The van der Waals surface area contributed by atoms with Gasteiger partial charge in [-0.3, -0.25) is 14.4 Å². The molecular weight excluding hydrogens is 380 g/mol. The molecule has 0 unspecified atom stereocenters. The van der Waals surface area contributed by atoms with Gasteiger partial charge in [-0.15, -0.1) is 0 Å². The second kappa shape index (κ2) is 14.8. The van der Waals surface area contributed by atoms with Crippen molar-refractivity contribution in [1.82, 2.24) is 10.2 Å². The quantitative estimate of drug-likeness (QED) is 0.290. The highest BCUT2D eigenvalue weighted by Gasteiger charge is 2.38. The monoisotopic (exact) mass is 420 g/mol. The Morgan fingerprint density at radius 3 is 2.27 bits per heavy atom. The van der Waals surface area contributed by atoms with E-state index in [4.69, 9.17) is 4.74 Å². The molecule has 2 amide bonds. The lowest BCUT2D eigenvalue weighted by molar-refractivity contribution is -0.155. The van der Waals surface area contributed by atoms with Gasteiger partial charge in [0.15, 0.2) is 0 Å². The summed E-state index contributed by atoms with van der Waals surface area (Å²) in [6, 6.07) is -0.383. The van der Waals surface area contributed by atoms with Crippen LogP contribution in [0.2, 0.25) is 0 Å². The third-order valence-corrected chi connectivity index (χ3v) is 5.42. The first-order chi connectivity index (χ1) is 14.3. The second-order valence-corrected chi connectivity index (χ2v) is 8.15. The van der Waals surface area contributed by atoms with Crippen LogP contribution in [-0.4, -0.2) is 47.4 Å². The largest absolute Gasteiger partial charge is 0.460 e. The number of rotatable bonds is 12. The highest BCUT2D eigenvalue weighted by Crippen LogP contribution is 2.24. The van der Waals surface area contributed by atoms with Gasteiger partial charge < -0.3 is 15.0 Å². The van der Waals surface area contributed by atoms with E-state index < -0.39 is 6.10 Å². The molecule has 30 heavy (non-hydrogen) atoms. The molecule has 170 valence electrons. The number of ether oxygens (including phenoxy) is 1. The molecule has 0 saturated carbocycles. The summed E-state index contributed by atoms with van der Waals surface area (Å²) >= 11 is 0. The molecule has 6 heteroatoms. The van der Waals surface area contributed by atoms with Crippen LogP contribution in [0.25, 0.3) is 0 Å². The standard InChI is InChI=1S/C24H40N2O4/c1-5-6-7-8-9-10-11-12-13-14-15-16-22-17-24(30-21(4)29)23(25-19(2)27)18-26(22)20(3)28/h11-14,22-24H,5-10,15-18H2,1-4H3,(H,25,27)/b12-11+,14-13-/t22-,23+,24-/m1/s1. The number of nitrogens with one attached hydrogen (secondary N) is 1. The molecule has 1 aliphatic heterocycles. The Hall–Kier alpha value is -2.11. The predicted molar refractivity (Wildman–Crippen MR) is 120 cm³/mol. The lowest BCUT2D eigenvalue weighted by atomic mass is 9.91. The average Bonchev–Trinajstić information content (AvgIpc) is 2.66. The number of esters is 1. The molecule has 1 rings (SSSR count). The SMILES string of the molecule is CCCCCCC/C=C/C=C\CC[C@@H]1C[C@@H](OC(C)=O)[C@@H](NC(C)=O)CN1C(C)=O. The van der Waals surface area contributed by atoms with Crippen molar-refractivity contribution in [2.24, 2.45) is 0 Å². The Morgan fingerprint density at radius 1 is 1.00 bits per heavy atom. The van der Waals surface area contributed by atoms with E-state index in [1.54, 1.807) is 11.8 Å². The Balaban J connectivity index is 2.52. The minimum absolute atomic E-state index is 0.0101. The van der Waals surface area contributed by atoms with Crippen LogP contribution in [-0.2, 0) is 19.1 Å². The maximum absolute atomic E-state index is 12.1. The van der Waals surface area contributed by atoms with Gasteiger partial charge in [-0.25, -0.2) is 0 Å². The molecule has 6 nitrogen and oxygen atoms in total. The number of piperidine rings is 1. The summed E-state index contributed by atoms with van der Waals surface area (Å²) in [5.74, 6) is -0.590. The summed E-state index contributed by atoms with van der Waals surface area (Å²) in [5.41, 5.74) is 0. The van der Waals surface area contributed by atoms with Crippen molar-refractivity contribution in [1.29, 1.82) is 0 Å². The third-order valence-electron chi connectivity index (χ3n) is 5.42. The Kier molecular flexibility index (Phi) is 12.8. The molecule has 3 atom stereocenters. The van der Waals surface area contributed by atoms with Crippen LogP contribution in [0.15, 0.2) is 24.3 Å². The van der Waals surface area contributed by atoms with E-state index in [9.17, 15) is 14.4 Å². The zero-order valence-corrected chi connectivity index (χ0v) is 19.2. The van der Waals surface area contributed by atoms with E-state index in [0.717, 1.165) is 19.3 Å². The maximum Gasteiger partial charge on any atom is 0.302 e. The van der Waals surface area contributed by atoms with Crippen molar-refractivity contribution in [2.45, 2.75) is 104 Å². The van der Waals surface area contributed by atoms with Crippen molar-refractivity contribution in [2.75, 3.05) is 6.54 Å². The fourth-order valence-electron chi connectivity index (χ4n) is 3.94. The topological polar surface area (TPSA) is 75.7 Å². The number of carbonyl (C=O) groups is 3. The van der Waals surface area contributed by atoms with Crippen molar-refractivity contribution in [3.05, 3.63) is 24.3 Å². The summed E-state index contributed by atoms with van der Waals surface area (Å²) in [4.78, 5) is 36.9. The normalized spacial score (nSPS) is 21.9. The fourth-order valence-corrected chi connectivity index (χ4v) is 3.94. The molecule has 0 aromatic rings. The summed E-state index contributed by atoms with van der Waals surface area (Å²) in [6.07, 6.45) is 17.8. The number of hydrogen-bond donors (Lipinski definition) is 1. The fraction of sp³-hybridized carbons (Fsp3) is 0.708. The Bertz CT molecular complexity index is 600. The van der Waals surface area contributed by atoms with Crippen LogP contribution in [0.5, 0.6) is 0 Å². The van der Waals surface area contributed by atoms with Crippen molar-refractivity contribution in [3.8, 4) is 0 Å². The van der Waals surface area contributed by atoms with Crippen LogP contribution in [0, 0.1) is 0 Å². The van der Waals surface area contributed by atoms with E-state index in [0.29, 0.717) is 13.0 Å². The zero-order chi connectivity index (χ0) is 22.4. The van der Waals surface area contributed by atoms with Gasteiger partial charge in [0, 0.05) is 39.8 Å². The van der Waals surface area contributed by atoms with Gasteiger partial charge in [-0.1, -0.05) is 56.9 Å². The highest BCUT2D eigenvalue weighted by molar-refractivity contribution is 5.75. The summed E-state index contributed by atoms with van der Waals surface area (Å²) in [6.45, 7) is 6.93. The van der Waals surface area contributed by atoms with Gasteiger partial charge in [0.25, 0.3) is 0 Å². The number of allylic oxidation sites excluding steroid dienone is 4. The van der Waals surface area contributed by atoms with Gasteiger partial charge in [-0.05, 0) is 25.7 Å². The number of hydrogen-bond acceptors (Lipinski definition) is 4. The lowest BCUT2D eigenvalue weighted by Crippen LogP contribution is -2.60. The molecule has 1 aliphatic rings. The molecule has 0 bridgehead atoms. The van der Waals surface area contributed by atoms with Crippen molar-refractivity contribution >= 4 is 17.8 Å². The van der Waals surface area contributed by atoms with E-state index in [1.807, 2.05) is 0 Å². The smallest absolute Gasteiger partial charge is 0.302 e. The van der Waals surface area contributed by atoms with Crippen molar-refractivity contribution in [3.63, 3.8) is 0 Å². The van der Waals surface area contributed by atoms with E-state index >= 15 is 0 Å². The summed E-state index contributed by atoms with van der Waals surface area (Å²) in [5, 5.41) is 2.82. The second-order valence-electron chi connectivity index (χ2n) is 8.15. The molecule has 0 radical (unpaired) electrons. The van der Waals surface area contributed by atoms with Crippen LogP contribution < -0.4 is 5.32 Å². The Morgan fingerprint density at radius 2 is 1.67 bits per heavy atom. The van der Waals surface area contributed by atoms with Crippen LogP contribution >= 0.6 is 0 Å². The molecule has 0 aromatic heterocycles. The maximum atomic E-state index is 12.1. The molecule has 1 heterocycles. The minimum atomic E-state index is -0.413. The first kappa shape index (κ1) is 25.9. The lowest BCUT2D eigenvalue weighted by Gasteiger charge is -2.43. The van der Waals surface area contributed by atoms with Gasteiger partial charge in [0.2, 0.25) is 11.8 Å². The third kappa shape index (κ3) is 10.6. The summed E-state index contributed by atoms with van der Waals surface area (Å²) < 4.78 is 5.45. The number of carbonyl (C=O) groups excluding carboxylic acids is 3. The molecular formula is C24H40N2O4. The van der Waals surface area contributed by atoms with E-state index in [2.05, 4.69) is 36.5 Å². The predicted octanol–water partition coefficient (Wildman–Crippen LogP) is 4.30.